The molecule has 1 aromatic heterocycles. The lowest BCUT2D eigenvalue weighted by Crippen LogP contribution is -2.14. The third-order valence-electron chi connectivity index (χ3n) is 3.22. The zero-order chi connectivity index (χ0) is 17.8. The summed E-state index contributed by atoms with van der Waals surface area (Å²) in [6, 6.07) is 11.1. The molecule has 128 valence electrons. The second-order valence-electron chi connectivity index (χ2n) is 5.20. The van der Waals surface area contributed by atoms with Gasteiger partial charge in [0.05, 0.1) is 16.5 Å². The van der Waals surface area contributed by atoms with Crippen LogP contribution in [0.15, 0.2) is 52.1 Å². The van der Waals surface area contributed by atoms with Crippen LogP contribution in [0.2, 0.25) is 5.02 Å². The van der Waals surface area contributed by atoms with Crippen molar-refractivity contribution >= 4 is 35.0 Å². The Labute approximate surface area is 152 Å². The molecule has 25 heavy (non-hydrogen) atoms. The Kier molecular flexibility index (Phi) is 5.35. The maximum atomic E-state index is 12.9. The number of nitrogens with one attached hydrogen (secondary N) is 1. The number of hydrogen-bond donors (Lipinski definition) is 1. The third kappa shape index (κ3) is 4.58. The van der Waals surface area contributed by atoms with Gasteiger partial charge in [0.25, 0.3) is 5.22 Å². The monoisotopic (exact) mass is 377 g/mol. The Balaban J connectivity index is 1.58. The highest BCUT2D eigenvalue weighted by molar-refractivity contribution is 7.99. The van der Waals surface area contributed by atoms with Gasteiger partial charge in [-0.25, -0.2) is 4.39 Å². The van der Waals surface area contributed by atoms with Crippen LogP contribution < -0.4 is 5.32 Å². The van der Waals surface area contributed by atoms with E-state index < -0.39 is 0 Å². The number of benzene rings is 2. The fraction of sp³-hybridized carbons (Fsp3) is 0.118. The van der Waals surface area contributed by atoms with Gasteiger partial charge in [0.1, 0.15) is 5.82 Å². The van der Waals surface area contributed by atoms with E-state index in [2.05, 4.69) is 15.5 Å². The zero-order valence-electron chi connectivity index (χ0n) is 13.1. The van der Waals surface area contributed by atoms with Crippen LogP contribution in [0.5, 0.6) is 0 Å². The summed E-state index contributed by atoms with van der Waals surface area (Å²) in [6.07, 6.45) is 0. The Bertz CT molecular complexity index is 899. The normalized spacial score (nSPS) is 10.7. The Morgan fingerprint density at radius 2 is 2.00 bits per heavy atom. The first-order valence-electron chi connectivity index (χ1n) is 7.29. The van der Waals surface area contributed by atoms with Gasteiger partial charge in [0.2, 0.25) is 11.8 Å². The summed E-state index contributed by atoms with van der Waals surface area (Å²) >= 11 is 7.19. The molecule has 0 saturated carbocycles. The Hall–Kier alpha value is -2.38. The maximum Gasteiger partial charge on any atom is 0.277 e. The average Bonchev–Trinajstić information content (AvgIpc) is 3.05. The fourth-order valence-electron chi connectivity index (χ4n) is 2.01. The number of halogens is 2. The van der Waals surface area contributed by atoms with Crippen LogP contribution in [0.1, 0.15) is 5.56 Å². The van der Waals surface area contributed by atoms with E-state index in [1.54, 1.807) is 24.3 Å². The molecule has 0 atom stereocenters. The first-order chi connectivity index (χ1) is 12.0. The van der Waals surface area contributed by atoms with E-state index in [1.165, 1.54) is 12.1 Å². The molecule has 1 amide bonds. The van der Waals surface area contributed by atoms with E-state index >= 15 is 0 Å². The lowest BCUT2D eigenvalue weighted by atomic mass is 10.2. The topological polar surface area (TPSA) is 68.0 Å². The average molecular weight is 378 g/mol. The lowest BCUT2D eigenvalue weighted by Gasteiger charge is -2.06. The van der Waals surface area contributed by atoms with Crippen molar-refractivity contribution in [1.29, 1.82) is 0 Å². The summed E-state index contributed by atoms with van der Waals surface area (Å²) in [4.78, 5) is 12.0. The Morgan fingerprint density at radius 1 is 1.24 bits per heavy atom. The van der Waals surface area contributed by atoms with E-state index in [0.29, 0.717) is 16.3 Å². The van der Waals surface area contributed by atoms with Gasteiger partial charge in [0.15, 0.2) is 0 Å². The number of anilines is 1. The van der Waals surface area contributed by atoms with Crippen LogP contribution in [0.3, 0.4) is 0 Å². The highest BCUT2D eigenvalue weighted by atomic mass is 35.5. The first kappa shape index (κ1) is 17.4. The lowest BCUT2D eigenvalue weighted by molar-refractivity contribution is -0.113. The molecule has 1 N–H and O–H groups in total. The number of amides is 1. The van der Waals surface area contributed by atoms with Gasteiger partial charge in [-0.15, -0.1) is 10.2 Å². The molecular weight excluding hydrogens is 365 g/mol. The van der Waals surface area contributed by atoms with Gasteiger partial charge >= 0.3 is 0 Å². The van der Waals surface area contributed by atoms with Gasteiger partial charge in [0, 0.05) is 5.56 Å². The molecular formula is C17H13ClFN3O2S. The van der Waals surface area contributed by atoms with Gasteiger partial charge in [-0.2, -0.15) is 0 Å². The van der Waals surface area contributed by atoms with Crippen LogP contribution >= 0.6 is 23.4 Å². The number of rotatable bonds is 5. The molecule has 1 heterocycles. The second-order valence-corrected chi connectivity index (χ2v) is 6.53. The smallest absolute Gasteiger partial charge is 0.277 e. The number of nitrogens with zero attached hydrogens (tertiary/aromatic N) is 2. The predicted molar refractivity (Wildman–Crippen MR) is 95.2 cm³/mol. The molecule has 0 aliphatic heterocycles. The van der Waals surface area contributed by atoms with Crippen LogP contribution in [0, 0.1) is 12.7 Å². The minimum absolute atomic E-state index is 0.0925. The molecule has 8 heteroatoms. The molecule has 0 spiro atoms. The van der Waals surface area contributed by atoms with Crippen LogP contribution in [-0.4, -0.2) is 21.9 Å². The molecule has 0 saturated heterocycles. The number of carbonyl (C=O) groups is 1. The molecule has 0 aliphatic carbocycles. The van der Waals surface area contributed by atoms with Gasteiger partial charge in [-0.05, 0) is 48.9 Å². The van der Waals surface area contributed by atoms with Gasteiger partial charge < -0.3 is 9.73 Å². The number of aromatic nitrogens is 2. The van der Waals surface area contributed by atoms with Gasteiger partial charge in [-0.1, -0.05) is 29.4 Å². The zero-order valence-corrected chi connectivity index (χ0v) is 14.7. The van der Waals surface area contributed by atoms with Crippen LogP contribution in [0.25, 0.3) is 11.5 Å². The molecule has 0 unspecified atom stereocenters. The van der Waals surface area contributed by atoms with E-state index in [0.717, 1.165) is 17.3 Å². The predicted octanol–water partition coefficient (Wildman–Crippen LogP) is 4.57. The number of aryl methyl sites for hydroxylation is 1. The van der Waals surface area contributed by atoms with Crippen molar-refractivity contribution in [2.24, 2.45) is 0 Å². The number of carbonyl (C=O) groups excluding carboxylic acids is 1. The molecule has 0 bridgehead atoms. The van der Waals surface area contributed by atoms with Crippen molar-refractivity contribution in [2.75, 3.05) is 11.1 Å². The van der Waals surface area contributed by atoms with E-state index in [-0.39, 0.29) is 28.6 Å². The molecule has 0 aliphatic rings. The molecule has 0 radical (unpaired) electrons. The number of hydrogen-bond acceptors (Lipinski definition) is 5. The molecule has 3 aromatic rings. The van der Waals surface area contributed by atoms with E-state index in [9.17, 15) is 9.18 Å². The standard InChI is InChI=1S/C17H13ClFN3O2S/c1-10-2-7-14(13(18)8-10)20-15(23)9-25-17-22-21-16(24-17)11-3-5-12(19)6-4-11/h2-8H,9H2,1H3,(H,20,23). The summed E-state index contributed by atoms with van der Waals surface area (Å²) in [5.41, 5.74) is 2.17. The van der Waals surface area contributed by atoms with Gasteiger partial charge in [-0.3, -0.25) is 4.79 Å². The summed E-state index contributed by atoms with van der Waals surface area (Å²) in [6.45, 7) is 1.92. The minimum Gasteiger partial charge on any atom is -0.411 e. The molecule has 2 aromatic carbocycles. The maximum absolute atomic E-state index is 12.9. The van der Waals surface area contributed by atoms with E-state index in [4.69, 9.17) is 16.0 Å². The summed E-state index contributed by atoms with van der Waals surface area (Å²) in [5, 5.41) is 11.2. The summed E-state index contributed by atoms with van der Waals surface area (Å²) < 4.78 is 18.4. The summed E-state index contributed by atoms with van der Waals surface area (Å²) in [7, 11) is 0. The molecule has 5 nitrogen and oxygen atoms in total. The highest BCUT2D eigenvalue weighted by Gasteiger charge is 2.12. The molecule has 0 fully saturated rings. The highest BCUT2D eigenvalue weighted by Crippen LogP contribution is 2.25. The second kappa shape index (κ2) is 7.67. The fourth-order valence-corrected chi connectivity index (χ4v) is 2.86. The van der Waals surface area contributed by atoms with Crippen molar-refractivity contribution in [3.8, 4) is 11.5 Å². The van der Waals surface area contributed by atoms with Crippen molar-refractivity contribution in [2.45, 2.75) is 12.1 Å². The molecule has 3 rings (SSSR count). The van der Waals surface area contributed by atoms with Crippen molar-refractivity contribution in [3.63, 3.8) is 0 Å². The van der Waals surface area contributed by atoms with E-state index in [1.807, 2.05) is 13.0 Å². The Morgan fingerprint density at radius 3 is 2.72 bits per heavy atom. The first-order valence-corrected chi connectivity index (χ1v) is 8.66. The summed E-state index contributed by atoms with van der Waals surface area (Å²) in [5.74, 6) is -0.221. The quantitative estimate of drug-likeness (QED) is 0.660. The van der Waals surface area contributed by atoms with Crippen LogP contribution in [-0.2, 0) is 4.79 Å². The SMILES string of the molecule is Cc1ccc(NC(=O)CSc2nnc(-c3ccc(F)cc3)o2)c(Cl)c1. The third-order valence-corrected chi connectivity index (χ3v) is 4.35. The number of thioether (sulfide) groups is 1. The van der Waals surface area contributed by atoms with Crippen molar-refractivity contribution < 1.29 is 13.6 Å². The van der Waals surface area contributed by atoms with Crippen LogP contribution in [0.4, 0.5) is 10.1 Å². The van der Waals surface area contributed by atoms with Crippen molar-refractivity contribution in [1.82, 2.24) is 10.2 Å². The minimum atomic E-state index is -0.343. The largest absolute Gasteiger partial charge is 0.411 e. The van der Waals surface area contributed by atoms with Crippen molar-refractivity contribution in [3.05, 3.63) is 58.9 Å².